The van der Waals surface area contributed by atoms with Gasteiger partial charge in [0.05, 0.1) is 0 Å². The average Bonchev–Trinajstić information content (AvgIpc) is 1.95. The van der Waals surface area contributed by atoms with Crippen LogP contribution in [0.25, 0.3) is 0 Å². The Morgan fingerprint density at radius 1 is 1.62 bits per heavy atom. The molecule has 1 N–H and O–H groups in total. The molecule has 0 bridgehead atoms. The summed E-state index contributed by atoms with van der Waals surface area (Å²) in [5, 5.41) is 8.39. The van der Waals surface area contributed by atoms with Crippen LogP contribution < -0.4 is 0 Å². The van der Waals surface area contributed by atoms with Crippen LogP contribution in [0.4, 0.5) is 4.39 Å². The second-order valence-corrected chi connectivity index (χ2v) is 4.04. The smallest absolute Gasteiger partial charge is 0.303 e. The fraction of sp³-hybridized carbons (Fsp3) is 0.889. The zero-order valence-electron chi connectivity index (χ0n) is 8.09. The van der Waals surface area contributed by atoms with Gasteiger partial charge in [-0.15, -0.1) is 0 Å². The number of aliphatic carboxylic acids is 1. The van der Waals surface area contributed by atoms with E-state index in [9.17, 15) is 9.18 Å². The Morgan fingerprint density at radius 2 is 2.15 bits per heavy atom. The summed E-state index contributed by atoms with van der Waals surface area (Å²) in [6.45, 7) is 4.80. The topological polar surface area (TPSA) is 40.5 Å². The molecule has 0 amide bonds. The zero-order chi connectivity index (χ0) is 10.1. The lowest BCUT2D eigenvalue weighted by Crippen LogP contribution is -2.61. The molecule has 1 heterocycles. The van der Waals surface area contributed by atoms with Crippen LogP contribution in [0.3, 0.4) is 0 Å². The minimum Gasteiger partial charge on any atom is -0.481 e. The van der Waals surface area contributed by atoms with E-state index in [0.717, 1.165) is 0 Å². The van der Waals surface area contributed by atoms with E-state index in [1.807, 2.05) is 18.7 Å². The summed E-state index contributed by atoms with van der Waals surface area (Å²) < 4.78 is 13.6. The first-order valence-corrected chi connectivity index (χ1v) is 4.58. The Morgan fingerprint density at radius 3 is 2.54 bits per heavy atom. The van der Waals surface area contributed by atoms with Gasteiger partial charge >= 0.3 is 5.97 Å². The van der Waals surface area contributed by atoms with Gasteiger partial charge in [-0.2, -0.15) is 0 Å². The molecule has 0 aliphatic carbocycles. The first-order valence-electron chi connectivity index (χ1n) is 4.58. The van der Waals surface area contributed by atoms with Crippen molar-refractivity contribution in [2.75, 3.05) is 13.1 Å². The number of likely N-dealkylation sites (tertiary alicyclic amines) is 1. The average molecular weight is 189 g/mol. The molecule has 1 fully saturated rings. The molecule has 0 spiro atoms. The van der Waals surface area contributed by atoms with Crippen molar-refractivity contribution >= 4 is 5.97 Å². The highest BCUT2D eigenvalue weighted by atomic mass is 19.1. The quantitative estimate of drug-likeness (QED) is 0.724. The lowest BCUT2D eigenvalue weighted by molar-refractivity contribution is -0.139. The second kappa shape index (κ2) is 3.62. The van der Waals surface area contributed by atoms with E-state index in [1.165, 1.54) is 0 Å². The van der Waals surface area contributed by atoms with Crippen molar-refractivity contribution in [3.05, 3.63) is 0 Å². The number of carboxylic acid groups (broad SMARTS) is 1. The number of carbonyl (C=O) groups is 1. The summed E-state index contributed by atoms with van der Waals surface area (Å²) >= 11 is 0. The maximum Gasteiger partial charge on any atom is 0.303 e. The van der Waals surface area contributed by atoms with E-state index in [4.69, 9.17) is 5.11 Å². The lowest BCUT2D eigenvalue weighted by Gasteiger charge is -2.46. The second-order valence-electron chi connectivity index (χ2n) is 4.04. The van der Waals surface area contributed by atoms with Gasteiger partial charge in [-0.3, -0.25) is 9.69 Å². The molecular weight excluding hydrogens is 173 g/mol. The lowest BCUT2D eigenvalue weighted by atomic mass is 9.90. The number of rotatable bonds is 4. The van der Waals surface area contributed by atoms with Gasteiger partial charge in [-0.05, 0) is 20.3 Å². The largest absolute Gasteiger partial charge is 0.481 e. The van der Waals surface area contributed by atoms with Crippen LogP contribution >= 0.6 is 0 Å². The first kappa shape index (κ1) is 10.4. The minimum atomic E-state index is -1.25. The summed E-state index contributed by atoms with van der Waals surface area (Å²) in [4.78, 5) is 12.2. The van der Waals surface area contributed by atoms with Crippen LogP contribution in [0.15, 0.2) is 0 Å². The van der Waals surface area contributed by atoms with Crippen molar-refractivity contribution in [2.24, 2.45) is 0 Å². The van der Waals surface area contributed by atoms with E-state index in [1.54, 1.807) is 0 Å². The molecule has 1 saturated heterocycles. The highest BCUT2D eigenvalue weighted by Gasteiger charge is 2.44. The maximum atomic E-state index is 13.6. The summed E-state index contributed by atoms with van der Waals surface area (Å²) in [6, 6.07) is 0.355. The molecule has 0 radical (unpaired) electrons. The van der Waals surface area contributed by atoms with Gasteiger partial charge in [0.1, 0.15) is 5.67 Å². The highest BCUT2D eigenvalue weighted by Crippen LogP contribution is 2.31. The normalized spacial score (nSPS) is 21.5. The van der Waals surface area contributed by atoms with Gasteiger partial charge in [0, 0.05) is 25.6 Å². The third-order valence-electron chi connectivity index (χ3n) is 2.49. The summed E-state index contributed by atoms with van der Waals surface area (Å²) in [5.74, 6) is -0.917. The summed E-state index contributed by atoms with van der Waals surface area (Å²) in [6.07, 6.45) is 0.0774. The predicted octanol–water partition coefficient (Wildman–Crippen LogP) is 1.28. The Kier molecular flexibility index (Phi) is 2.91. The maximum absolute atomic E-state index is 13.6. The standard InChI is InChI=1S/C9H16FNO2/c1-7(2)11-5-9(10,6-11)4-3-8(12)13/h7H,3-6H2,1-2H3,(H,12,13). The molecule has 0 aromatic carbocycles. The van der Waals surface area contributed by atoms with Crippen LogP contribution in [0.2, 0.25) is 0 Å². The SMILES string of the molecule is CC(C)N1CC(F)(CCC(=O)O)C1. The third kappa shape index (κ3) is 2.66. The Balaban J connectivity index is 2.25. The third-order valence-corrected chi connectivity index (χ3v) is 2.49. The Bertz CT molecular complexity index is 200. The molecule has 0 aromatic heterocycles. The molecule has 1 rings (SSSR count). The number of alkyl halides is 1. The van der Waals surface area contributed by atoms with Crippen molar-refractivity contribution in [2.45, 2.75) is 38.4 Å². The minimum absolute atomic E-state index is 0.0670. The van der Waals surface area contributed by atoms with Gasteiger partial charge in [-0.1, -0.05) is 0 Å². The van der Waals surface area contributed by atoms with Crippen molar-refractivity contribution < 1.29 is 14.3 Å². The summed E-state index contributed by atoms with van der Waals surface area (Å²) in [5.41, 5.74) is -1.25. The number of hydrogen-bond acceptors (Lipinski definition) is 2. The van der Waals surface area contributed by atoms with E-state index in [0.29, 0.717) is 19.1 Å². The van der Waals surface area contributed by atoms with Crippen molar-refractivity contribution in [1.29, 1.82) is 0 Å². The monoisotopic (exact) mass is 189 g/mol. The molecule has 0 unspecified atom stereocenters. The van der Waals surface area contributed by atoms with E-state index >= 15 is 0 Å². The fourth-order valence-corrected chi connectivity index (χ4v) is 1.54. The van der Waals surface area contributed by atoms with Crippen LogP contribution in [0.5, 0.6) is 0 Å². The molecule has 0 aromatic rings. The van der Waals surface area contributed by atoms with Crippen LogP contribution in [0.1, 0.15) is 26.7 Å². The molecule has 0 atom stereocenters. The van der Waals surface area contributed by atoms with E-state index in [-0.39, 0.29) is 12.8 Å². The number of carboxylic acids is 1. The Hall–Kier alpha value is -0.640. The van der Waals surface area contributed by atoms with Gasteiger partial charge in [0.25, 0.3) is 0 Å². The van der Waals surface area contributed by atoms with Gasteiger partial charge in [0.2, 0.25) is 0 Å². The predicted molar refractivity (Wildman–Crippen MR) is 47.4 cm³/mol. The molecule has 13 heavy (non-hydrogen) atoms. The van der Waals surface area contributed by atoms with Crippen LogP contribution in [-0.2, 0) is 4.79 Å². The van der Waals surface area contributed by atoms with E-state index < -0.39 is 11.6 Å². The van der Waals surface area contributed by atoms with Crippen LogP contribution in [-0.4, -0.2) is 40.8 Å². The molecule has 0 saturated carbocycles. The molecule has 1 aliphatic heterocycles. The molecule has 1 aliphatic rings. The van der Waals surface area contributed by atoms with Gasteiger partial charge in [0.15, 0.2) is 0 Å². The number of hydrogen-bond donors (Lipinski definition) is 1. The van der Waals surface area contributed by atoms with Crippen LogP contribution in [0, 0.1) is 0 Å². The highest BCUT2D eigenvalue weighted by molar-refractivity contribution is 5.66. The van der Waals surface area contributed by atoms with Gasteiger partial charge in [-0.25, -0.2) is 4.39 Å². The first-order chi connectivity index (χ1) is 5.93. The summed E-state index contributed by atoms with van der Waals surface area (Å²) in [7, 11) is 0. The van der Waals surface area contributed by atoms with Gasteiger partial charge < -0.3 is 5.11 Å². The molecule has 76 valence electrons. The van der Waals surface area contributed by atoms with Crippen molar-refractivity contribution in [1.82, 2.24) is 4.90 Å². The zero-order valence-corrected chi connectivity index (χ0v) is 8.09. The Labute approximate surface area is 77.5 Å². The van der Waals surface area contributed by atoms with Crippen molar-refractivity contribution in [3.8, 4) is 0 Å². The van der Waals surface area contributed by atoms with E-state index in [2.05, 4.69) is 0 Å². The molecule has 3 nitrogen and oxygen atoms in total. The van der Waals surface area contributed by atoms with Crippen molar-refractivity contribution in [3.63, 3.8) is 0 Å². The number of halogens is 1. The number of nitrogens with zero attached hydrogens (tertiary/aromatic N) is 1. The fourth-order valence-electron chi connectivity index (χ4n) is 1.54. The molecular formula is C9H16FNO2. The molecule has 4 heteroatoms.